The Balaban J connectivity index is 0.000000272. The number of carbonyl (C=O) groups is 2. The Labute approximate surface area is 95.8 Å². The van der Waals surface area contributed by atoms with E-state index in [0.29, 0.717) is 0 Å². The average Bonchev–Trinajstić information content (AvgIpc) is 2.30. The number of amides is 1. The molecule has 88 valence electrons. The van der Waals surface area contributed by atoms with E-state index in [1.54, 1.807) is 6.07 Å². The van der Waals surface area contributed by atoms with E-state index < -0.39 is 0 Å². The molecule has 1 aromatic carbocycles. The third-order valence-corrected chi connectivity index (χ3v) is 1.85. The Bertz CT molecular complexity index is 332. The van der Waals surface area contributed by atoms with Crippen molar-refractivity contribution in [1.82, 2.24) is 5.32 Å². The number of nitrogens with two attached hydrogens (primary N) is 1. The molecule has 0 unspecified atom stereocenters. The molecule has 0 saturated carbocycles. The normalized spacial score (nSPS) is 11.8. The Morgan fingerprint density at radius 2 is 1.94 bits per heavy atom. The third kappa shape index (κ3) is 5.93. The Morgan fingerprint density at radius 1 is 1.38 bits per heavy atom. The molecule has 0 bridgehead atoms. The number of hydrogen-bond acceptors (Lipinski definition) is 3. The van der Waals surface area contributed by atoms with Crippen LogP contribution in [0.1, 0.15) is 22.3 Å². The molecule has 1 aliphatic heterocycles. The van der Waals surface area contributed by atoms with Gasteiger partial charge in [-0.3, -0.25) is 9.59 Å². The summed E-state index contributed by atoms with van der Waals surface area (Å²) < 4.78 is 0. The molecule has 1 aliphatic rings. The summed E-state index contributed by atoms with van der Waals surface area (Å²) in [5, 5.41) is 2.57. The van der Waals surface area contributed by atoms with E-state index in [0.717, 1.165) is 30.4 Å². The van der Waals surface area contributed by atoms with Crippen molar-refractivity contribution in [3.8, 4) is 0 Å². The lowest BCUT2D eigenvalue weighted by molar-refractivity contribution is -0.125. The molecule has 0 radical (unpaired) electrons. The van der Waals surface area contributed by atoms with Crippen LogP contribution in [0.15, 0.2) is 24.3 Å². The lowest BCUT2D eigenvalue weighted by atomic mass is 10.2. The molecular formula is C12H18N2O2. The minimum atomic E-state index is 0.185. The quantitative estimate of drug-likeness (QED) is 0.547. The number of rotatable bonds is 1. The standard InChI is InChI=1S/C8H8O.C3H5NO.CH5N/c1-7-3-2-4-8(5-7)6-9;5-3-1-2-4-3;1-2/h2-6H,1H3;1-2H2,(H,4,5);2H2,1H3. The number of hydrogen-bond donors (Lipinski definition) is 2. The van der Waals surface area contributed by atoms with Gasteiger partial charge in [-0.05, 0) is 20.0 Å². The smallest absolute Gasteiger partial charge is 0.221 e. The highest BCUT2D eigenvalue weighted by Crippen LogP contribution is 1.99. The fraction of sp³-hybridized carbons (Fsp3) is 0.333. The fourth-order valence-corrected chi connectivity index (χ4v) is 0.970. The summed E-state index contributed by atoms with van der Waals surface area (Å²) in [5.74, 6) is 0.185. The summed E-state index contributed by atoms with van der Waals surface area (Å²) in [7, 11) is 1.50. The molecule has 1 saturated heterocycles. The summed E-state index contributed by atoms with van der Waals surface area (Å²) >= 11 is 0. The van der Waals surface area contributed by atoms with Gasteiger partial charge in [-0.25, -0.2) is 0 Å². The van der Waals surface area contributed by atoms with Crippen LogP contribution >= 0.6 is 0 Å². The predicted molar refractivity (Wildman–Crippen MR) is 64.3 cm³/mol. The van der Waals surface area contributed by atoms with Gasteiger partial charge in [0.15, 0.2) is 0 Å². The highest BCUT2D eigenvalue weighted by molar-refractivity contribution is 5.81. The van der Waals surface area contributed by atoms with Gasteiger partial charge in [0.25, 0.3) is 0 Å². The molecule has 1 heterocycles. The minimum Gasteiger partial charge on any atom is -0.356 e. The van der Waals surface area contributed by atoms with Crippen molar-refractivity contribution in [2.75, 3.05) is 13.6 Å². The topological polar surface area (TPSA) is 72.2 Å². The highest BCUT2D eigenvalue weighted by Gasteiger charge is 2.07. The van der Waals surface area contributed by atoms with Gasteiger partial charge in [0.2, 0.25) is 5.91 Å². The molecule has 0 aliphatic carbocycles. The maximum atomic E-state index is 10.2. The van der Waals surface area contributed by atoms with Gasteiger partial charge in [-0.2, -0.15) is 0 Å². The molecule has 4 nitrogen and oxygen atoms in total. The second-order valence-corrected chi connectivity index (χ2v) is 3.13. The van der Waals surface area contributed by atoms with Crippen molar-refractivity contribution >= 4 is 12.2 Å². The zero-order valence-corrected chi connectivity index (χ0v) is 9.69. The number of β-lactam (4-membered cyclic amide) rings is 1. The fourth-order valence-electron chi connectivity index (χ4n) is 0.970. The number of carbonyl (C=O) groups excluding carboxylic acids is 2. The zero-order valence-electron chi connectivity index (χ0n) is 9.69. The van der Waals surface area contributed by atoms with Crippen molar-refractivity contribution in [2.45, 2.75) is 13.3 Å². The average molecular weight is 222 g/mol. The molecule has 1 fully saturated rings. The van der Waals surface area contributed by atoms with Gasteiger partial charge in [-0.1, -0.05) is 23.8 Å². The second-order valence-electron chi connectivity index (χ2n) is 3.13. The van der Waals surface area contributed by atoms with Crippen LogP contribution in [-0.4, -0.2) is 25.8 Å². The molecular weight excluding hydrogens is 204 g/mol. The Hall–Kier alpha value is -1.68. The number of aldehydes is 1. The summed E-state index contributed by atoms with van der Waals surface area (Å²) in [5.41, 5.74) is 6.37. The van der Waals surface area contributed by atoms with Gasteiger partial charge in [0.1, 0.15) is 6.29 Å². The van der Waals surface area contributed by atoms with E-state index in [9.17, 15) is 9.59 Å². The van der Waals surface area contributed by atoms with Crippen molar-refractivity contribution in [2.24, 2.45) is 5.73 Å². The molecule has 16 heavy (non-hydrogen) atoms. The van der Waals surface area contributed by atoms with Crippen LogP contribution in [0.2, 0.25) is 0 Å². The van der Waals surface area contributed by atoms with E-state index in [1.807, 2.05) is 25.1 Å². The van der Waals surface area contributed by atoms with E-state index in [2.05, 4.69) is 11.1 Å². The summed E-state index contributed by atoms with van der Waals surface area (Å²) in [6.45, 7) is 2.85. The summed E-state index contributed by atoms with van der Waals surface area (Å²) in [6, 6.07) is 7.49. The van der Waals surface area contributed by atoms with Crippen molar-refractivity contribution in [3.05, 3.63) is 35.4 Å². The molecule has 1 aromatic rings. The van der Waals surface area contributed by atoms with Crippen LogP contribution in [0.25, 0.3) is 0 Å². The molecule has 0 spiro atoms. The molecule has 2 rings (SSSR count). The van der Waals surface area contributed by atoms with Gasteiger partial charge >= 0.3 is 0 Å². The Kier molecular flexibility index (Phi) is 7.71. The van der Waals surface area contributed by atoms with E-state index in [1.165, 1.54) is 7.05 Å². The van der Waals surface area contributed by atoms with Crippen molar-refractivity contribution < 1.29 is 9.59 Å². The largest absolute Gasteiger partial charge is 0.356 e. The first kappa shape index (κ1) is 14.3. The van der Waals surface area contributed by atoms with Gasteiger partial charge < -0.3 is 11.1 Å². The molecule has 1 amide bonds. The minimum absolute atomic E-state index is 0.185. The molecule has 3 N–H and O–H groups in total. The van der Waals surface area contributed by atoms with Gasteiger partial charge in [-0.15, -0.1) is 0 Å². The van der Waals surface area contributed by atoms with Crippen LogP contribution in [0.4, 0.5) is 0 Å². The van der Waals surface area contributed by atoms with Gasteiger partial charge in [0.05, 0.1) is 0 Å². The van der Waals surface area contributed by atoms with Crippen LogP contribution in [-0.2, 0) is 4.79 Å². The first-order chi connectivity index (χ1) is 7.72. The van der Waals surface area contributed by atoms with Crippen molar-refractivity contribution in [3.63, 3.8) is 0 Å². The van der Waals surface area contributed by atoms with Crippen LogP contribution in [0, 0.1) is 6.92 Å². The molecule has 4 heteroatoms. The third-order valence-electron chi connectivity index (χ3n) is 1.85. The lowest BCUT2D eigenvalue weighted by Crippen LogP contribution is -2.37. The van der Waals surface area contributed by atoms with E-state index in [-0.39, 0.29) is 5.91 Å². The SMILES string of the molecule is CN.Cc1cccc(C=O)c1.O=C1CCN1. The first-order valence-corrected chi connectivity index (χ1v) is 5.08. The maximum absolute atomic E-state index is 10.2. The van der Waals surface area contributed by atoms with Gasteiger partial charge in [0, 0.05) is 18.5 Å². The summed E-state index contributed by atoms with van der Waals surface area (Å²) in [4.78, 5) is 19.9. The number of benzene rings is 1. The first-order valence-electron chi connectivity index (χ1n) is 5.08. The molecule has 0 atom stereocenters. The highest BCUT2D eigenvalue weighted by atomic mass is 16.2. The number of nitrogens with one attached hydrogen (secondary N) is 1. The second kappa shape index (κ2) is 8.61. The van der Waals surface area contributed by atoms with Crippen LogP contribution < -0.4 is 11.1 Å². The van der Waals surface area contributed by atoms with E-state index in [4.69, 9.17) is 0 Å². The molecule has 0 aromatic heterocycles. The lowest BCUT2D eigenvalue weighted by Gasteiger charge is -2.10. The Morgan fingerprint density at radius 3 is 2.19 bits per heavy atom. The number of aryl methyl sites for hydroxylation is 1. The van der Waals surface area contributed by atoms with Crippen molar-refractivity contribution in [1.29, 1.82) is 0 Å². The maximum Gasteiger partial charge on any atom is 0.221 e. The predicted octanol–water partition coefficient (Wildman–Crippen LogP) is 0.889. The van der Waals surface area contributed by atoms with E-state index >= 15 is 0 Å². The van der Waals surface area contributed by atoms with Crippen LogP contribution in [0.5, 0.6) is 0 Å². The van der Waals surface area contributed by atoms with Crippen LogP contribution in [0.3, 0.4) is 0 Å². The monoisotopic (exact) mass is 222 g/mol. The zero-order chi connectivity index (χ0) is 12.4. The summed E-state index contributed by atoms with van der Waals surface area (Å²) in [6.07, 6.45) is 1.59.